The van der Waals surface area contributed by atoms with Crippen LogP contribution in [0.15, 0.2) is 49.3 Å². The number of likely N-dealkylation sites (N-methyl/N-ethyl adjacent to an activating group) is 1. The van der Waals surface area contributed by atoms with Crippen molar-refractivity contribution >= 4 is 28.9 Å². The standard InChI is InChI=1S/C28H32F2N6O4/c1-5-25(37)33-22-13-18(36-11-9-35(6-2)10-12-36)7-8-21(22)34-28-31-15-19(16-32-28)40-17-20-26(29)23(38-3)14-24(39-4)27(20)30/h5,7-8,13-16H,1,6,9-12,17H2,2-4H3,(H,33,37)(H,31,32,34). The quantitative estimate of drug-likeness (QED) is 0.335. The molecule has 4 rings (SSSR count). The van der Waals surface area contributed by atoms with Gasteiger partial charge in [0.25, 0.3) is 0 Å². The zero-order valence-electron chi connectivity index (χ0n) is 22.7. The van der Waals surface area contributed by atoms with Crippen LogP contribution in [0.5, 0.6) is 17.2 Å². The predicted octanol–water partition coefficient (Wildman–Crippen LogP) is 4.36. The van der Waals surface area contributed by atoms with Gasteiger partial charge < -0.3 is 34.6 Å². The highest BCUT2D eigenvalue weighted by Crippen LogP contribution is 2.33. The first-order valence-corrected chi connectivity index (χ1v) is 12.7. The van der Waals surface area contributed by atoms with Crippen molar-refractivity contribution in [3.05, 3.63) is 66.5 Å². The summed E-state index contributed by atoms with van der Waals surface area (Å²) >= 11 is 0. The molecule has 1 aliphatic rings. The van der Waals surface area contributed by atoms with Crippen molar-refractivity contribution in [1.29, 1.82) is 0 Å². The summed E-state index contributed by atoms with van der Waals surface area (Å²) < 4.78 is 44.7. The van der Waals surface area contributed by atoms with Crippen LogP contribution in [-0.4, -0.2) is 67.7 Å². The van der Waals surface area contributed by atoms with Crippen molar-refractivity contribution in [2.24, 2.45) is 0 Å². The van der Waals surface area contributed by atoms with Crippen molar-refractivity contribution in [2.45, 2.75) is 13.5 Å². The second-order valence-corrected chi connectivity index (χ2v) is 8.89. The monoisotopic (exact) mass is 554 g/mol. The van der Waals surface area contributed by atoms with Gasteiger partial charge >= 0.3 is 0 Å². The molecule has 3 aromatic rings. The fourth-order valence-corrected chi connectivity index (χ4v) is 4.24. The molecule has 1 aliphatic heterocycles. The second-order valence-electron chi connectivity index (χ2n) is 8.89. The van der Waals surface area contributed by atoms with E-state index in [4.69, 9.17) is 14.2 Å². The Labute approximate surface area is 231 Å². The molecule has 40 heavy (non-hydrogen) atoms. The van der Waals surface area contributed by atoms with Crippen LogP contribution in [0, 0.1) is 11.6 Å². The van der Waals surface area contributed by atoms with Gasteiger partial charge in [0.05, 0.1) is 43.6 Å². The van der Waals surface area contributed by atoms with E-state index in [2.05, 4.69) is 43.9 Å². The lowest BCUT2D eigenvalue weighted by atomic mass is 10.1. The fraction of sp³-hybridized carbons (Fsp3) is 0.321. The molecule has 1 fully saturated rings. The fourth-order valence-electron chi connectivity index (χ4n) is 4.24. The first kappa shape index (κ1) is 28.6. The lowest BCUT2D eigenvalue weighted by molar-refractivity contribution is -0.111. The largest absolute Gasteiger partial charge is 0.494 e. The maximum absolute atomic E-state index is 14.6. The first-order chi connectivity index (χ1) is 19.4. The van der Waals surface area contributed by atoms with Gasteiger partial charge in [-0.3, -0.25) is 4.79 Å². The maximum Gasteiger partial charge on any atom is 0.247 e. The summed E-state index contributed by atoms with van der Waals surface area (Å²) in [5.41, 5.74) is 1.76. The molecule has 0 atom stereocenters. The Kier molecular flexibility index (Phi) is 9.33. The first-order valence-electron chi connectivity index (χ1n) is 12.7. The van der Waals surface area contributed by atoms with E-state index in [0.29, 0.717) is 11.4 Å². The molecule has 12 heteroatoms. The van der Waals surface area contributed by atoms with Gasteiger partial charge in [-0.2, -0.15) is 0 Å². The second kappa shape index (κ2) is 13.1. The maximum atomic E-state index is 14.6. The third-order valence-electron chi connectivity index (χ3n) is 6.55. The number of carbonyl (C=O) groups is 1. The van der Waals surface area contributed by atoms with Gasteiger partial charge in [0.1, 0.15) is 6.61 Å². The molecule has 0 aliphatic carbocycles. The molecule has 0 unspecified atom stereocenters. The minimum atomic E-state index is -0.884. The SMILES string of the molecule is C=CC(=O)Nc1cc(N2CCN(CC)CC2)ccc1Nc1ncc(OCc2c(F)c(OC)cc(OC)c2F)cn1. The number of rotatable bonds is 11. The molecular weight excluding hydrogens is 522 g/mol. The number of aromatic nitrogens is 2. The molecule has 0 bridgehead atoms. The van der Waals surface area contributed by atoms with Crippen LogP contribution in [0.2, 0.25) is 0 Å². The molecule has 2 aromatic carbocycles. The van der Waals surface area contributed by atoms with Crippen molar-refractivity contribution in [3.8, 4) is 17.2 Å². The normalized spacial score (nSPS) is 13.5. The Morgan fingerprint density at radius 1 is 1.02 bits per heavy atom. The molecule has 10 nitrogen and oxygen atoms in total. The average Bonchev–Trinajstić information content (AvgIpc) is 2.99. The number of halogens is 2. The smallest absolute Gasteiger partial charge is 0.247 e. The predicted molar refractivity (Wildman–Crippen MR) is 149 cm³/mol. The summed E-state index contributed by atoms with van der Waals surface area (Å²) in [5.74, 6) is -2.04. The number of hydrogen-bond acceptors (Lipinski definition) is 9. The molecule has 1 amide bonds. The van der Waals surface area contributed by atoms with Gasteiger partial charge in [-0.15, -0.1) is 0 Å². The van der Waals surface area contributed by atoms with Crippen LogP contribution < -0.4 is 29.7 Å². The Hall–Kier alpha value is -4.45. The number of piperazine rings is 1. The summed E-state index contributed by atoms with van der Waals surface area (Å²) in [7, 11) is 2.55. The number of hydrogen-bond donors (Lipinski definition) is 2. The third kappa shape index (κ3) is 6.57. The topological polar surface area (TPSA) is 101 Å². The summed E-state index contributed by atoms with van der Waals surface area (Å²) in [5, 5.41) is 5.92. The van der Waals surface area contributed by atoms with Crippen LogP contribution >= 0.6 is 0 Å². The third-order valence-corrected chi connectivity index (χ3v) is 6.55. The van der Waals surface area contributed by atoms with Crippen LogP contribution in [0.25, 0.3) is 0 Å². The van der Waals surface area contributed by atoms with Gasteiger partial charge in [-0.1, -0.05) is 13.5 Å². The van der Waals surface area contributed by atoms with Gasteiger partial charge in [-0.25, -0.2) is 18.7 Å². The van der Waals surface area contributed by atoms with Crippen molar-refractivity contribution in [3.63, 3.8) is 0 Å². The summed E-state index contributed by atoms with van der Waals surface area (Å²) in [6, 6.07) is 6.84. The van der Waals surface area contributed by atoms with E-state index in [9.17, 15) is 13.6 Å². The van der Waals surface area contributed by atoms with Gasteiger partial charge in [0, 0.05) is 37.9 Å². The molecule has 0 saturated carbocycles. The van der Waals surface area contributed by atoms with E-state index < -0.39 is 18.2 Å². The highest BCUT2D eigenvalue weighted by Gasteiger charge is 2.21. The van der Waals surface area contributed by atoms with Crippen LogP contribution in [0.3, 0.4) is 0 Å². The molecule has 0 radical (unpaired) electrons. The number of benzene rings is 2. The highest BCUT2D eigenvalue weighted by molar-refractivity contribution is 6.01. The molecule has 0 spiro atoms. The van der Waals surface area contributed by atoms with E-state index in [0.717, 1.165) is 44.5 Å². The van der Waals surface area contributed by atoms with Crippen LogP contribution in [0.1, 0.15) is 12.5 Å². The van der Waals surface area contributed by atoms with Crippen molar-refractivity contribution in [1.82, 2.24) is 14.9 Å². The Bertz CT molecular complexity index is 1320. The molecule has 2 N–H and O–H groups in total. The number of nitrogens with zero attached hydrogens (tertiary/aromatic N) is 4. The lowest BCUT2D eigenvalue weighted by Gasteiger charge is -2.35. The number of amides is 1. The average molecular weight is 555 g/mol. The van der Waals surface area contributed by atoms with E-state index in [1.165, 1.54) is 32.7 Å². The minimum Gasteiger partial charge on any atom is -0.494 e. The number of anilines is 4. The summed E-state index contributed by atoms with van der Waals surface area (Å²) in [4.78, 5) is 25.3. The molecule has 212 valence electrons. The number of ether oxygens (including phenoxy) is 3. The summed E-state index contributed by atoms with van der Waals surface area (Å²) in [6.07, 6.45) is 3.93. The molecule has 2 heterocycles. The van der Waals surface area contributed by atoms with Gasteiger partial charge in [-0.05, 0) is 30.8 Å². The Morgan fingerprint density at radius 3 is 2.25 bits per heavy atom. The number of carbonyl (C=O) groups excluding carboxylic acids is 1. The Morgan fingerprint density at radius 2 is 1.68 bits per heavy atom. The molecular formula is C28H32F2N6O4. The Balaban J connectivity index is 1.47. The van der Waals surface area contributed by atoms with Crippen molar-refractivity contribution in [2.75, 3.05) is 62.5 Å². The van der Waals surface area contributed by atoms with Crippen LogP contribution in [-0.2, 0) is 11.4 Å². The van der Waals surface area contributed by atoms with E-state index >= 15 is 0 Å². The lowest BCUT2D eigenvalue weighted by Crippen LogP contribution is -2.46. The van der Waals surface area contributed by atoms with Crippen molar-refractivity contribution < 1.29 is 27.8 Å². The highest BCUT2D eigenvalue weighted by atomic mass is 19.1. The number of nitrogens with one attached hydrogen (secondary N) is 2. The van der Waals surface area contributed by atoms with E-state index in [1.807, 2.05) is 18.2 Å². The van der Waals surface area contributed by atoms with Crippen LogP contribution in [0.4, 0.5) is 31.8 Å². The van der Waals surface area contributed by atoms with Gasteiger partial charge in [0.15, 0.2) is 28.9 Å². The molecule has 1 saturated heterocycles. The van der Waals surface area contributed by atoms with E-state index in [1.54, 1.807) is 0 Å². The minimum absolute atomic E-state index is 0.166. The van der Waals surface area contributed by atoms with Gasteiger partial charge in [0.2, 0.25) is 11.9 Å². The molecule has 1 aromatic heterocycles. The summed E-state index contributed by atoms with van der Waals surface area (Å²) in [6.45, 7) is 9.97. The van der Waals surface area contributed by atoms with E-state index in [-0.39, 0.29) is 34.7 Å². The zero-order valence-corrected chi connectivity index (χ0v) is 22.7. The zero-order chi connectivity index (χ0) is 28.6. The number of methoxy groups -OCH3 is 2.